The van der Waals surface area contributed by atoms with E-state index in [1.54, 1.807) is 0 Å². The Hall–Kier alpha value is -0.410. The van der Waals surface area contributed by atoms with Crippen LogP contribution in [0.5, 0.6) is 0 Å². The van der Waals surface area contributed by atoms with Gasteiger partial charge in [-0.15, -0.1) is 0 Å². The molecule has 25 heavy (non-hydrogen) atoms. The Morgan fingerprint density at radius 3 is 2.04 bits per heavy atom. The van der Waals surface area contributed by atoms with Crippen molar-refractivity contribution < 1.29 is 14.3 Å². The molecule has 0 aromatic heterocycles. The van der Waals surface area contributed by atoms with Gasteiger partial charge in [-0.1, -0.05) is 47.5 Å². The number of ketones is 1. The summed E-state index contributed by atoms with van der Waals surface area (Å²) in [5.41, 5.74) is 0.202. The van der Waals surface area contributed by atoms with E-state index < -0.39 is 0 Å². The van der Waals surface area contributed by atoms with Gasteiger partial charge in [0.25, 0.3) is 0 Å². The summed E-state index contributed by atoms with van der Waals surface area (Å²) in [5, 5.41) is 0. The minimum Gasteiger partial charge on any atom is -0.353 e. The highest BCUT2D eigenvalue weighted by Gasteiger charge is 2.57. The van der Waals surface area contributed by atoms with Crippen molar-refractivity contribution in [3.63, 3.8) is 0 Å². The molecule has 1 saturated heterocycles. The Morgan fingerprint density at radius 2 is 1.56 bits per heavy atom. The van der Waals surface area contributed by atoms with Gasteiger partial charge in [-0.05, 0) is 55.8 Å². The first-order valence-electron chi connectivity index (χ1n) is 10.4. The van der Waals surface area contributed by atoms with Gasteiger partial charge in [-0.3, -0.25) is 4.79 Å². The summed E-state index contributed by atoms with van der Waals surface area (Å²) < 4.78 is 11.7. The second-order valence-corrected chi connectivity index (χ2v) is 10.0. The summed E-state index contributed by atoms with van der Waals surface area (Å²) >= 11 is 0. The fourth-order valence-electron chi connectivity index (χ4n) is 4.36. The lowest BCUT2D eigenvalue weighted by molar-refractivity contribution is -0.146. The zero-order valence-electron chi connectivity index (χ0n) is 17.3. The first-order chi connectivity index (χ1) is 11.7. The third-order valence-corrected chi connectivity index (χ3v) is 6.32. The maximum atomic E-state index is 13.2. The molecule has 1 aliphatic heterocycles. The SMILES string of the molecule is CC(C)(C)CC(C)(C(=O)CCCC1OCCCCCCO1)C1(C)CC1. The summed E-state index contributed by atoms with van der Waals surface area (Å²) in [6.45, 7) is 12.9. The monoisotopic (exact) mass is 352 g/mol. The molecule has 1 aliphatic carbocycles. The van der Waals surface area contributed by atoms with Crippen LogP contribution in [0.4, 0.5) is 0 Å². The van der Waals surface area contributed by atoms with E-state index in [0.717, 1.165) is 45.3 Å². The standard InChI is InChI=1S/C22H40O3/c1-20(2,3)17-22(5,21(4)13-14-21)18(23)11-10-12-19-24-15-8-6-7-9-16-25-19/h19H,6-17H2,1-5H3. The molecule has 0 aromatic rings. The number of hydrogen-bond donors (Lipinski definition) is 0. The van der Waals surface area contributed by atoms with Crippen molar-refractivity contribution >= 4 is 5.78 Å². The van der Waals surface area contributed by atoms with Crippen LogP contribution in [0.25, 0.3) is 0 Å². The smallest absolute Gasteiger partial charge is 0.157 e. The number of hydrogen-bond acceptors (Lipinski definition) is 3. The summed E-state index contributed by atoms with van der Waals surface area (Å²) in [5.74, 6) is 0.450. The molecule has 0 bridgehead atoms. The van der Waals surface area contributed by atoms with Crippen LogP contribution in [0.15, 0.2) is 0 Å². The minimum atomic E-state index is -0.189. The third kappa shape index (κ3) is 6.06. The lowest BCUT2D eigenvalue weighted by Gasteiger charge is -2.40. The van der Waals surface area contributed by atoms with Gasteiger partial charge in [0, 0.05) is 25.0 Å². The van der Waals surface area contributed by atoms with Crippen LogP contribution in [-0.4, -0.2) is 25.3 Å². The molecule has 3 heteroatoms. The van der Waals surface area contributed by atoms with E-state index in [4.69, 9.17) is 9.47 Å². The van der Waals surface area contributed by atoms with Crippen LogP contribution in [0, 0.1) is 16.2 Å². The molecule has 0 N–H and O–H groups in total. The molecule has 1 saturated carbocycles. The highest BCUT2D eigenvalue weighted by atomic mass is 16.7. The predicted octanol–water partition coefficient (Wildman–Crippen LogP) is 5.90. The lowest BCUT2D eigenvalue weighted by atomic mass is 9.63. The number of rotatable bonds is 7. The van der Waals surface area contributed by atoms with Crippen LogP contribution in [0.2, 0.25) is 0 Å². The van der Waals surface area contributed by atoms with Crippen molar-refractivity contribution in [2.24, 2.45) is 16.2 Å². The number of ether oxygens (including phenoxy) is 2. The zero-order valence-corrected chi connectivity index (χ0v) is 17.3. The Kier molecular flexibility index (Phi) is 7.12. The van der Waals surface area contributed by atoms with E-state index in [2.05, 4.69) is 34.6 Å². The van der Waals surface area contributed by atoms with E-state index >= 15 is 0 Å². The van der Waals surface area contributed by atoms with Gasteiger partial charge in [0.15, 0.2) is 6.29 Å². The van der Waals surface area contributed by atoms with Gasteiger partial charge in [-0.2, -0.15) is 0 Å². The molecule has 3 nitrogen and oxygen atoms in total. The normalized spacial score (nSPS) is 24.7. The minimum absolute atomic E-state index is 0.115. The fourth-order valence-corrected chi connectivity index (χ4v) is 4.36. The molecule has 1 unspecified atom stereocenters. The topological polar surface area (TPSA) is 35.5 Å². The largest absolute Gasteiger partial charge is 0.353 e. The van der Waals surface area contributed by atoms with E-state index in [1.165, 1.54) is 25.7 Å². The van der Waals surface area contributed by atoms with Gasteiger partial charge >= 0.3 is 0 Å². The predicted molar refractivity (Wildman–Crippen MR) is 103 cm³/mol. The van der Waals surface area contributed by atoms with Crippen molar-refractivity contribution in [1.82, 2.24) is 0 Å². The molecule has 0 spiro atoms. The first-order valence-corrected chi connectivity index (χ1v) is 10.4. The van der Waals surface area contributed by atoms with Gasteiger partial charge < -0.3 is 9.47 Å². The molecular weight excluding hydrogens is 312 g/mol. The van der Waals surface area contributed by atoms with Gasteiger partial charge in [0.2, 0.25) is 0 Å². The summed E-state index contributed by atoms with van der Waals surface area (Å²) in [4.78, 5) is 13.2. The molecule has 2 rings (SSSR count). The van der Waals surface area contributed by atoms with E-state index in [1.807, 2.05) is 0 Å². The maximum absolute atomic E-state index is 13.2. The molecule has 146 valence electrons. The van der Waals surface area contributed by atoms with E-state index in [0.29, 0.717) is 12.2 Å². The van der Waals surface area contributed by atoms with Crippen LogP contribution >= 0.6 is 0 Å². The molecular formula is C22H40O3. The maximum Gasteiger partial charge on any atom is 0.157 e. The highest BCUT2D eigenvalue weighted by molar-refractivity contribution is 5.85. The van der Waals surface area contributed by atoms with Gasteiger partial charge in [0.05, 0.1) is 0 Å². The number of carbonyl (C=O) groups is 1. The lowest BCUT2D eigenvalue weighted by Crippen LogP contribution is -2.39. The number of Topliss-reactive ketones (excluding diaryl/α,β-unsaturated/α-hetero) is 1. The van der Waals surface area contributed by atoms with Crippen molar-refractivity contribution in [2.75, 3.05) is 13.2 Å². The Bertz CT molecular complexity index is 423. The zero-order chi connectivity index (χ0) is 18.6. The fraction of sp³-hybridized carbons (Fsp3) is 0.955. The van der Waals surface area contributed by atoms with Crippen molar-refractivity contribution in [2.45, 2.75) is 105 Å². The summed E-state index contributed by atoms with van der Waals surface area (Å²) in [6.07, 6.45) is 10.3. The molecule has 0 radical (unpaired) electrons. The van der Waals surface area contributed by atoms with Crippen LogP contribution in [0.3, 0.4) is 0 Å². The highest BCUT2D eigenvalue weighted by Crippen LogP contribution is 2.62. The second-order valence-electron chi connectivity index (χ2n) is 10.0. The van der Waals surface area contributed by atoms with Crippen LogP contribution in [0.1, 0.15) is 98.8 Å². The second kappa shape index (κ2) is 8.52. The Labute approximate surface area is 155 Å². The summed E-state index contributed by atoms with van der Waals surface area (Å²) in [7, 11) is 0. The average molecular weight is 353 g/mol. The number of carbonyl (C=O) groups excluding carboxylic acids is 1. The molecule has 1 atom stereocenters. The van der Waals surface area contributed by atoms with E-state index in [9.17, 15) is 4.79 Å². The molecule has 1 heterocycles. The van der Waals surface area contributed by atoms with Gasteiger partial charge in [0.1, 0.15) is 5.78 Å². The van der Waals surface area contributed by atoms with Crippen molar-refractivity contribution in [1.29, 1.82) is 0 Å². The summed E-state index contributed by atoms with van der Waals surface area (Å²) in [6, 6.07) is 0. The van der Waals surface area contributed by atoms with Gasteiger partial charge in [-0.25, -0.2) is 0 Å². The quantitative estimate of drug-likeness (QED) is 0.572. The molecule has 0 amide bonds. The molecule has 2 aliphatic rings. The van der Waals surface area contributed by atoms with E-state index in [-0.39, 0.29) is 22.5 Å². The third-order valence-electron chi connectivity index (χ3n) is 6.32. The Morgan fingerprint density at radius 1 is 1.00 bits per heavy atom. The van der Waals surface area contributed by atoms with Crippen molar-refractivity contribution in [3.8, 4) is 0 Å². The molecule has 2 fully saturated rings. The van der Waals surface area contributed by atoms with Crippen LogP contribution in [-0.2, 0) is 14.3 Å². The van der Waals surface area contributed by atoms with Crippen LogP contribution < -0.4 is 0 Å². The first kappa shape index (κ1) is 20.9. The van der Waals surface area contributed by atoms with Crippen molar-refractivity contribution in [3.05, 3.63) is 0 Å². The average Bonchev–Trinajstić information content (AvgIpc) is 3.23. The molecule has 0 aromatic carbocycles. The Balaban J connectivity index is 1.86.